The van der Waals surface area contributed by atoms with Crippen LogP contribution in [-0.2, 0) is 4.79 Å². The van der Waals surface area contributed by atoms with Crippen molar-refractivity contribution in [2.24, 2.45) is 11.8 Å². The molecule has 0 aromatic heterocycles. The molecule has 2 aliphatic heterocycles. The van der Waals surface area contributed by atoms with Crippen molar-refractivity contribution in [3.8, 4) is 0 Å². The summed E-state index contributed by atoms with van der Waals surface area (Å²) in [6, 6.07) is 0. The molecular weight excluding hydrogens is 322 g/mol. The molecule has 4 rings (SSSR count). The molecule has 1 fully saturated rings. The van der Waals surface area contributed by atoms with Crippen molar-refractivity contribution in [2.45, 2.75) is 57.9 Å². The van der Waals surface area contributed by atoms with Crippen molar-refractivity contribution >= 4 is 5.91 Å². The average molecular weight is 354 g/mol. The Hall–Kier alpha value is -1.81. The lowest BCUT2D eigenvalue weighted by molar-refractivity contribution is -0.126. The first-order chi connectivity index (χ1) is 12.5. The van der Waals surface area contributed by atoms with Crippen molar-refractivity contribution in [3.05, 3.63) is 46.8 Å². The van der Waals surface area contributed by atoms with E-state index in [0.29, 0.717) is 5.92 Å². The highest BCUT2D eigenvalue weighted by molar-refractivity contribution is 5.81. The van der Waals surface area contributed by atoms with E-state index in [4.69, 9.17) is 0 Å². The Labute approximate surface area is 156 Å². The van der Waals surface area contributed by atoms with E-state index in [1.807, 2.05) is 0 Å². The van der Waals surface area contributed by atoms with Crippen molar-refractivity contribution in [2.75, 3.05) is 13.1 Å². The lowest BCUT2D eigenvalue weighted by Crippen LogP contribution is -2.59. The molecule has 3 N–H and O–H groups in total. The Balaban J connectivity index is 1.74. The smallest absolute Gasteiger partial charge is 0.225 e. The van der Waals surface area contributed by atoms with Gasteiger partial charge in [0, 0.05) is 23.9 Å². The molecule has 2 heterocycles. The summed E-state index contributed by atoms with van der Waals surface area (Å²) >= 11 is 0. The molecular formula is C22H31N3O. The third-order valence-electron chi connectivity index (χ3n) is 6.55. The number of carbonyl (C=O) groups excluding carboxylic acids is 1. The number of amides is 1. The van der Waals surface area contributed by atoms with Gasteiger partial charge in [-0.25, -0.2) is 0 Å². The second-order valence-corrected chi connectivity index (χ2v) is 8.37. The molecule has 0 saturated carbocycles. The van der Waals surface area contributed by atoms with Crippen LogP contribution in [0, 0.1) is 11.8 Å². The molecule has 0 spiro atoms. The lowest BCUT2D eigenvalue weighted by atomic mass is 9.61. The molecule has 2 unspecified atom stereocenters. The average Bonchev–Trinajstić information content (AvgIpc) is 2.61. The van der Waals surface area contributed by atoms with Crippen LogP contribution in [0.1, 0.15) is 52.4 Å². The van der Waals surface area contributed by atoms with Gasteiger partial charge in [-0.1, -0.05) is 24.3 Å². The van der Waals surface area contributed by atoms with Crippen LogP contribution < -0.4 is 16.0 Å². The molecule has 4 heteroatoms. The van der Waals surface area contributed by atoms with Gasteiger partial charge in [-0.3, -0.25) is 4.79 Å². The molecule has 0 aromatic carbocycles. The van der Waals surface area contributed by atoms with Crippen LogP contribution in [0.15, 0.2) is 46.8 Å². The molecule has 4 nitrogen and oxygen atoms in total. The number of piperidine rings is 1. The zero-order valence-corrected chi connectivity index (χ0v) is 16.1. The second kappa shape index (κ2) is 6.73. The highest BCUT2D eigenvalue weighted by atomic mass is 16.2. The highest BCUT2D eigenvalue weighted by Gasteiger charge is 2.49. The maximum absolute atomic E-state index is 13.2. The van der Waals surface area contributed by atoms with Gasteiger partial charge in [0.05, 0.1) is 11.5 Å². The van der Waals surface area contributed by atoms with E-state index in [0.717, 1.165) is 57.3 Å². The van der Waals surface area contributed by atoms with Crippen LogP contribution in [0.5, 0.6) is 0 Å². The van der Waals surface area contributed by atoms with E-state index < -0.39 is 0 Å². The zero-order chi connectivity index (χ0) is 18.3. The van der Waals surface area contributed by atoms with Gasteiger partial charge in [0.1, 0.15) is 0 Å². The molecule has 3 atom stereocenters. The molecule has 1 saturated heterocycles. The first-order valence-corrected chi connectivity index (χ1v) is 10.1. The molecule has 2 aliphatic carbocycles. The van der Waals surface area contributed by atoms with Gasteiger partial charge in [0.15, 0.2) is 0 Å². The summed E-state index contributed by atoms with van der Waals surface area (Å²) in [5.74, 6) is 0.664. The number of fused-ring (bicyclic) bond motifs is 3. The van der Waals surface area contributed by atoms with Crippen LogP contribution in [0.2, 0.25) is 0 Å². The predicted molar refractivity (Wildman–Crippen MR) is 105 cm³/mol. The Morgan fingerprint density at radius 1 is 1.42 bits per heavy atom. The van der Waals surface area contributed by atoms with Crippen LogP contribution in [-0.4, -0.2) is 24.5 Å². The van der Waals surface area contributed by atoms with Gasteiger partial charge >= 0.3 is 0 Å². The summed E-state index contributed by atoms with van der Waals surface area (Å²) in [5, 5.41) is 10.5. The van der Waals surface area contributed by atoms with Crippen LogP contribution >= 0.6 is 0 Å². The summed E-state index contributed by atoms with van der Waals surface area (Å²) < 4.78 is 0. The quantitative estimate of drug-likeness (QED) is 0.668. The first-order valence-electron chi connectivity index (χ1n) is 10.1. The standard InChI is InChI=1S/C22H31N3O/c1-4-18-17-10-14(2)12-22(18,19-8-7-15(3)24-20(19)11-17)25-21(26)16-6-5-9-23-13-16/h4,10,16-17,23-24H,3,5-9,11-13H2,1-2H3,(H,25,26)/b18-4+/t16?,17-,22?/m1/s1. The number of carbonyl (C=O) groups is 1. The zero-order valence-electron chi connectivity index (χ0n) is 16.1. The maximum Gasteiger partial charge on any atom is 0.225 e. The van der Waals surface area contributed by atoms with Gasteiger partial charge in [-0.15, -0.1) is 0 Å². The van der Waals surface area contributed by atoms with Crippen molar-refractivity contribution in [1.29, 1.82) is 0 Å². The summed E-state index contributed by atoms with van der Waals surface area (Å²) in [6.07, 6.45) is 10.5. The Bertz CT molecular complexity index is 724. The maximum atomic E-state index is 13.2. The van der Waals surface area contributed by atoms with Gasteiger partial charge in [0.2, 0.25) is 5.91 Å². The topological polar surface area (TPSA) is 53.2 Å². The van der Waals surface area contributed by atoms with Gasteiger partial charge in [-0.05, 0) is 70.1 Å². The molecule has 4 aliphatic rings. The Kier molecular flexibility index (Phi) is 4.55. The van der Waals surface area contributed by atoms with Crippen molar-refractivity contribution in [3.63, 3.8) is 0 Å². The van der Waals surface area contributed by atoms with E-state index in [2.05, 4.69) is 48.5 Å². The minimum atomic E-state index is -0.339. The fraction of sp³-hybridized carbons (Fsp3) is 0.591. The normalized spacial score (nSPS) is 35.5. The van der Waals surface area contributed by atoms with E-state index in [-0.39, 0.29) is 17.4 Å². The number of rotatable bonds is 2. The monoisotopic (exact) mass is 353 g/mol. The van der Waals surface area contributed by atoms with Gasteiger partial charge in [0.25, 0.3) is 0 Å². The Morgan fingerprint density at radius 3 is 3.00 bits per heavy atom. The third-order valence-corrected chi connectivity index (χ3v) is 6.55. The first kappa shape index (κ1) is 17.6. The fourth-order valence-electron chi connectivity index (χ4n) is 5.46. The largest absolute Gasteiger partial charge is 0.363 e. The van der Waals surface area contributed by atoms with E-state index in [1.165, 1.54) is 22.4 Å². The molecule has 140 valence electrons. The Morgan fingerprint density at radius 2 is 2.27 bits per heavy atom. The highest BCUT2D eigenvalue weighted by Crippen LogP contribution is 2.51. The fourth-order valence-corrected chi connectivity index (χ4v) is 5.46. The van der Waals surface area contributed by atoms with E-state index in [9.17, 15) is 4.79 Å². The summed E-state index contributed by atoms with van der Waals surface area (Å²) in [6.45, 7) is 10.3. The number of nitrogens with one attached hydrogen (secondary N) is 3. The molecule has 2 bridgehead atoms. The van der Waals surface area contributed by atoms with E-state index >= 15 is 0 Å². The van der Waals surface area contributed by atoms with Crippen LogP contribution in [0.25, 0.3) is 0 Å². The lowest BCUT2D eigenvalue weighted by Gasteiger charge is -2.51. The van der Waals surface area contributed by atoms with Crippen molar-refractivity contribution < 1.29 is 4.79 Å². The predicted octanol–water partition coefficient (Wildman–Crippen LogP) is 3.31. The van der Waals surface area contributed by atoms with Crippen LogP contribution in [0.3, 0.4) is 0 Å². The molecule has 1 amide bonds. The SMILES string of the molecule is C=C1CCC2=C(C[C@H]3C=C(C)CC2(NC(=O)C2CCCNC2)/C3=C/C)N1. The van der Waals surface area contributed by atoms with Crippen LogP contribution in [0.4, 0.5) is 0 Å². The van der Waals surface area contributed by atoms with Gasteiger partial charge < -0.3 is 16.0 Å². The summed E-state index contributed by atoms with van der Waals surface area (Å²) in [5.41, 5.74) is 6.21. The molecule has 0 radical (unpaired) electrons. The second-order valence-electron chi connectivity index (χ2n) is 8.37. The molecule has 0 aromatic rings. The summed E-state index contributed by atoms with van der Waals surface area (Å²) in [4.78, 5) is 13.2. The number of hydrogen-bond acceptors (Lipinski definition) is 3. The number of allylic oxidation sites excluding steroid dienone is 4. The summed E-state index contributed by atoms with van der Waals surface area (Å²) in [7, 11) is 0. The third kappa shape index (κ3) is 2.84. The minimum Gasteiger partial charge on any atom is -0.363 e. The minimum absolute atomic E-state index is 0.0818. The van der Waals surface area contributed by atoms with E-state index in [1.54, 1.807) is 0 Å². The van der Waals surface area contributed by atoms with Crippen molar-refractivity contribution in [1.82, 2.24) is 16.0 Å². The van der Waals surface area contributed by atoms with Gasteiger partial charge in [-0.2, -0.15) is 0 Å². The molecule has 26 heavy (non-hydrogen) atoms. The number of hydrogen-bond donors (Lipinski definition) is 3.